The van der Waals surface area contributed by atoms with Crippen molar-refractivity contribution in [3.05, 3.63) is 17.7 Å². The van der Waals surface area contributed by atoms with Gasteiger partial charge in [0.2, 0.25) is 0 Å². The van der Waals surface area contributed by atoms with E-state index < -0.39 is 0 Å². The van der Waals surface area contributed by atoms with E-state index in [0.29, 0.717) is 13.2 Å². The average molecular weight is 223 g/mol. The zero-order chi connectivity index (χ0) is 11.4. The van der Waals surface area contributed by atoms with Gasteiger partial charge in [-0.3, -0.25) is 0 Å². The summed E-state index contributed by atoms with van der Waals surface area (Å²) in [5.74, 6) is 2.45. The molecule has 16 heavy (non-hydrogen) atoms. The third-order valence-corrected chi connectivity index (χ3v) is 2.59. The summed E-state index contributed by atoms with van der Waals surface area (Å²) in [7, 11) is 3.61. The lowest BCUT2D eigenvalue weighted by Gasteiger charge is -2.20. The summed E-state index contributed by atoms with van der Waals surface area (Å²) < 4.78 is 16.4. The molecule has 4 heteroatoms. The standard InChI is InChI=1S/C12H17NO3/c1-13-4-3-9-7-11-12(8-10(9)14-2)16-6-5-15-11/h7-8,13H,3-6H2,1-2H3. The molecule has 0 atom stereocenters. The van der Waals surface area contributed by atoms with Crippen LogP contribution in [0.5, 0.6) is 17.2 Å². The molecule has 1 N–H and O–H groups in total. The first-order chi connectivity index (χ1) is 7.85. The minimum atomic E-state index is 0.603. The van der Waals surface area contributed by atoms with Gasteiger partial charge in [0.25, 0.3) is 0 Å². The summed E-state index contributed by atoms with van der Waals surface area (Å²) in [6.07, 6.45) is 0.913. The Balaban J connectivity index is 2.28. The van der Waals surface area contributed by atoms with Crippen LogP contribution < -0.4 is 19.5 Å². The van der Waals surface area contributed by atoms with Gasteiger partial charge in [-0.15, -0.1) is 0 Å². The SMILES string of the molecule is CNCCc1cc2c(cc1OC)OCCO2. The van der Waals surface area contributed by atoms with Crippen molar-refractivity contribution in [3.8, 4) is 17.2 Å². The van der Waals surface area contributed by atoms with Crippen LogP contribution >= 0.6 is 0 Å². The first kappa shape index (κ1) is 11.1. The Bertz CT molecular complexity index is 366. The van der Waals surface area contributed by atoms with Gasteiger partial charge in [0.05, 0.1) is 7.11 Å². The van der Waals surface area contributed by atoms with Crippen LogP contribution in [0.4, 0.5) is 0 Å². The molecule has 0 radical (unpaired) electrons. The zero-order valence-corrected chi connectivity index (χ0v) is 9.71. The third-order valence-electron chi connectivity index (χ3n) is 2.59. The van der Waals surface area contributed by atoms with E-state index in [1.807, 2.05) is 19.2 Å². The van der Waals surface area contributed by atoms with Crippen molar-refractivity contribution in [2.75, 3.05) is 33.9 Å². The predicted octanol–water partition coefficient (Wildman–Crippen LogP) is 1.23. The second-order valence-corrected chi connectivity index (χ2v) is 3.66. The van der Waals surface area contributed by atoms with Gasteiger partial charge in [0.15, 0.2) is 11.5 Å². The highest BCUT2D eigenvalue weighted by atomic mass is 16.6. The molecule has 1 heterocycles. The van der Waals surface area contributed by atoms with Crippen LogP contribution in [-0.4, -0.2) is 33.9 Å². The second kappa shape index (κ2) is 5.07. The summed E-state index contributed by atoms with van der Waals surface area (Å²) >= 11 is 0. The van der Waals surface area contributed by atoms with E-state index in [2.05, 4.69) is 5.32 Å². The first-order valence-electron chi connectivity index (χ1n) is 5.46. The van der Waals surface area contributed by atoms with Crippen molar-refractivity contribution < 1.29 is 14.2 Å². The topological polar surface area (TPSA) is 39.7 Å². The number of hydrogen-bond donors (Lipinski definition) is 1. The molecule has 0 bridgehead atoms. The molecular weight excluding hydrogens is 206 g/mol. The number of likely N-dealkylation sites (N-methyl/N-ethyl adjacent to an activating group) is 1. The summed E-state index contributed by atoms with van der Waals surface area (Å²) in [5, 5.41) is 3.12. The molecule has 0 fully saturated rings. The smallest absolute Gasteiger partial charge is 0.165 e. The summed E-state index contributed by atoms with van der Waals surface area (Å²) in [5.41, 5.74) is 1.14. The number of hydrogen-bond acceptors (Lipinski definition) is 4. The highest BCUT2D eigenvalue weighted by Gasteiger charge is 2.15. The molecule has 88 valence electrons. The van der Waals surface area contributed by atoms with Crippen LogP contribution in [0.15, 0.2) is 12.1 Å². The van der Waals surface area contributed by atoms with Crippen molar-refractivity contribution in [2.45, 2.75) is 6.42 Å². The molecule has 1 aliphatic heterocycles. The zero-order valence-electron chi connectivity index (χ0n) is 9.71. The van der Waals surface area contributed by atoms with Crippen LogP contribution in [0.1, 0.15) is 5.56 Å². The molecule has 1 aliphatic rings. The fourth-order valence-electron chi connectivity index (χ4n) is 1.76. The fourth-order valence-corrected chi connectivity index (χ4v) is 1.76. The molecule has 0 aliphatic carbocycles. The molecular formula is C12H17NO3. The number of rotatable bonds is 4. The van der Waals surface area contributed by atoms with Gasteiger partial charge < -0.3 is 19.5 Å². The monoisotopic (exact) mass is 223 g/mol. The van der Waals surface area contributed by atoms with Crippen LogP contribution in [-0.2, 0) is 6.42 Å². The highest BCUT2D eigenvalue weighted by molar-refractivity contribution is 5.51. The van der Waals surface area contributed by atoms with Gasteiger partial charge in [-0.25, -0.2) is 0 Å². The Kier molecular flexibility index (Phi) is 3.51. The van der Waals surface area contributed by atoms with E-state index >= 15 is 0 Å². The fraction of sp³-hybridized carbons (Fsp3) is 0.500. The quantitative estimate of drug-likeness (QED) is 0.833. The Morgan fingerprint density at radius 1 is 1.25 bits per heavy atom. The summed E-state index contributed by atoms with van der Waals surface area (Å²) in [4.78, 5) is 0. The van der Waals surface area contributed by atoms with Crippen molar-refractivity contribution in [2.24, 2.45) is 0 Å². The van der Waals surface area contributed by atoms with E-state index in [-0.39, 0.29) is 0 Å². The number of ether oxygens (including phenoxy) is 3. The van der Waals surface area contributed by atoms with Gasteiger partial charge >= 0.3 is 0 Å². The van der Waals surface area contributed by atoms with Crippen LogP contribution in [0.2, 0.25) is 0 Å². The number of methoxy groups -OCH3 is 1. The lowest BCUT2D eigenvalue weighted by molar-refractivity contribution is 0.170. The van der Waals surface area contributed by atoms with E-state index in [9.17, 15) is 0 Å². The Hall–Kier alpha value is -1.42. The molecule has 0 spiro atoms. The molecule has 2 rings (SSSR count). The van der Waals surface area contributed by atoms with Gasteiger partial charge in [0.1, 0.15) is 19.0 Å². The molecule has 0 aromatic heterocycles. The molecule has 0 amide bonds. The van der Waals surface area contributed by atoms with Gasteiger partial charge in [-0.05, 0) is 31.6 Å². The predicted molar refractivity (Wildman–Crippen MR) is 61.6 cm³/mol. The van der Waals surface area contributed by atoms with Crippen molar-refractivity contribution >= 4 is 0 Å². The summed E-state index contributed by atoms with van der Waals surface area (Å²) in [6.45, 7) is 2.13. The normalized spacial score (nSPS) is 13.6. The lowest BCUT2D eigenvalue weighted by Crippen LogP contribution is -2.16. The van der Waals surface area contributed by atoms with Crippen molar-refractivity contribution in [1.82, 2.24) is 5.32 Å². The minimum absolute atomic E-state index is 0.603. The first-order valence-corrected chi connectivity index (χ1v) is 5.46. The van der Waals surface area contributed by atoms with E-state index in [0.717, 1.165) is 35.8 Å². The second-order valence-electron chi connectivity index (χ2n) is 3.66. The highest BCUT2D eigenvalue weighted by Crippen LogP contribution is 2.36. The third kappa shape index (κ3) is 2.22. The van der Waals surface area contributed by atoms with Crippen LogP contribution in [0.3, 0.4) is 0 Å². The maximum absolute atomic E-state index is 5.54. The Morgan fingerprint density at radius 3 is 2.56 bits per heavy atom. The Labute approximate surface area is 95.5 Å². The largest absolute Gasteiger partial charge is 0.496 e. The van der Waals surface area contributed by atoms with E-state index in [4.69, 9.17) is 14.2 Å². The molecule has 0 unspecified atom stereocenters. The van der Waals surface area contributed by atoms with E-state index in [1.54, 1.807) is 7.11 Å². The Morgan fingerprint density at radius 2 is 1.94 bits per heavy atom. The lowest BCUT2D eigenvalue weighted by atomic mass is 10.1. The molecule has 1 aromatic rings. The van der Waals surface area contributed by atoms with Gasteiger partial charge in [0, 0.05) is 6.07 Å². The molecule has 1 aromatic carbocycles. The molecule has 0 saturated heterocycles. The number of fused-ring (bicyclic) bond motifs is 1. The number of benzene rings is 1. The van der Waals surface area contributed by atoms with Crippen LogP contribution in [0, 0.1) is 0 Å². The molecule has 4 nitrogen and oxygen atoms in total. The van der Waals surface area contributed by atoms with Crippen molar-refractivity contribution in [1.29, 1.82) is 0 Å². The van der Waals surface area contributed by atoms with Crippen molar-refractivity contribution in [3.63, 3.8) is 0 Å². The average Bonchev–Trinajstić information content (AvgIpc) is 2.35. The van der Waals surface area contributed by atoms with Crippen LogP contribution in [0.25, 0.3) is 0 Å². The van der Waals surface area contributed by atoms with Gasteiger partial charge in [-0.1, -0.05) is 0 Å². The summed E-state index contributed by atoms with van der Waals surface area (Å²) in [6, 6.07) is 3.91. The maximum atomic E-state index is 5.54. The minimum Gasteiger partial charge on any atom is -0.496 e. The van der Waals surface area contributed by atoms with Gasteiger partial charge in [-0.2, -0.15) is 0 Å². The number of nitrogens with one attached hydrogen (secondary N) is 1. The maximum Gasteiger partial charge on any atom is 0.165 e. The van der Waals surface area contributed by atoms with E-state index in [1.165, 1.54) is 0 Å². The molecule has 0 saturated carbocycles.